The Labute approximate surface area is 105 Å². The predicted molar refractivity (Wildman–Crippen MR) is 50.1 cm³/mol. The number of benzene rings is 1. The van der Waals surface area contributed by atoms with Crippen LogP contribution in [0.4, 0.5) is 0 Å². The second-order valence-electron chi connectivity index (χ2n) is 3.06. The lowest BCUT2D eigenvalue weighted by molar-refractivity contribution is -2.00. The van der Waals surface area contributed by atoms with Gasteiger partial charge in [-0.3, -0.25) is 0 Å². The maximum absolute atomic E-state index is 8.49. The summed E-state index contributed by atoms with van der Waals surface area (Å²) in [6, 6.07) is 10.5. The van der Waals surface area contributed by atoms with Crippen LogP contribution < -0.4 is 23.2 Å². The molecule has 0 radical (unpaired) electrons. The Morgan fingerprint density at radius 2 is 1.65 bits per heavy atom. The molecule has 0 fully saturated rings. The average molecular weight is 276 g/mol. The molecule has 0 saturated heterocycles. The minimum Gasteiger partial charge on any atom is -0.222 e. The van der Waals surface area contributed by atoms with Crippen LogP contribution in [0.5, 0.6) is 0 Å². The van der Waals surface area contributed by atoms with E-state index in [0.29, 0.717) is 0 Å². The summed E-state index contributed by atoms with van der Waals surface area (Å²) in [5.41, 5.74) is 3.47. The monoisotopic (exact) mass is 275 g/mol. The standard InChI is InChI=1S/C10H10NS.ClHO4/c1-2-4-10(5-3-1)8-11-6-7-12-9-11;2-1(3,4)5/h1-7,9H,8H2;(H,2,3,4,5)/q+1;/p-1. The van der Waals surface area contributed by atoms with Crippen molar-refractivity contribution in [1.29, 1.82) is 0 Å². The summed E-state index contributed by atoms with van der Waals surface area (Å²) in [7, 11) is -4.94. The van der Waals surface area contributed by atoms with Crippen molar-refractivity contribution in [3.05, 3.63) is 53.0 Å². The molecule has 1 aromatic heterocycles. The Morgan fingerprint density at radius 3 is 2.12 bits per heavy atom. The molecular formula is C10H10ClNO4S. The maximum atomic E-state index is 8.49. The van der Waals surface area contributed by atoms with Crippen molar-refractivity contribution in [1.82, 2.24) is 0 Å². The van der Waals surface area contributed by atoms with Gasteiger partial charge in [0.25, 0.3) is 0 Å². The van der Waals surface area contributed by atoms with Crippen LogP contribution in [0.1, 0.15) is 5.56 Å². The second kappa shape index (κ2) is 6.65. The first-order chi connectivity index (χ1) is 7.95. The lowest BCUT2D eigenvalue weighted by atomic mass is 10.2. The molecule has 0 N–H and O–H groups in total. The largest absolute Gasteiger partial charge is 0.224 e. The highest BCUT2D eigenvalue weighted by Gasteiger charge is 2.00. The molecule has 0 saturated carbocycles. The van der Waals surface area contributed by atoms with Gasteiger partial charge in [-0.1, -0.05) is 41.7 Å². The van der Waals surface area contributed by atoms with Crippen molar-refractivity contribution < 1.29 is 33.4 Å². The van der Waals surface area contributed by atoms with Crippen molar-refractivity contribution in [2.45, 2.75) is 6.54 Å². The Balaban J connectivity index is 0.000000249. The SMILES string of the molecule is [O-][Cl+3]([O-])([O-])[O-].c1ccc(C[n+]2ccsc2)cc1. The number of hydrogen-bond acceptors (Lipinski definition) is 5. The topological polar surface area (TPSA) is 96.1 Å². The molecule has 92 valence electrons. The van der Waals surface area contributed by atoms with E-state index in [0.717, 1.165) is 6.54 Å². The molecule has 0 amide bonds. The van der Waals surface area contributed by atoms with E-state index in [2.05, 4.69) is 45.9 Å². The van der Waals surface area contributed by atoms with E-state index in [1.165, 1.54) is 5.56 Å². The number of rotatable bonds is 2. The molecule has 7 heteroatoms. The van der Waals surface area contributed by atoms with Gasteiger partial charge < -0.3 is 0 Å². The molecule has 0 atom stereocenters. The second-order valence-corrected chi connectivity index (χ2v) is 4.57. The molecule has 0 unspecified atom stereocenters. The smallest absolute Gasteiger partial charge is 0.222 e. The minimum atomic E-state index is -4.94. The molecule has 1 heterocycles. The maximum Gasteiger partial charge on any atom is 0.224 e. The Bertz CT molecular complexity index is 410. The number of thiazole rings is 1. The summed E-state index contributed by atoms with van der Waals surface area (Å²) < 4.78 is 36.2. The first-order valence-corrected chi connectivity index (χ1v) is 6.70. The van der Waals surface area contributed by atoms with E-state index in [1.807, 2.05) is 6.07 Å². The van der Waals surface area contributed by atoms with Crippen molar-refractivity contribution >= 4 is 11.3 Å². The summed E-state index contributed by atoms with van der Waals surface area (Å²) in [6.07, 6.45) is 2.09. The third-order valence-corrected chi connectivity index (χ3v) is 2.41. The minimum absolute atomic E-state index is 0.977. The van der Waals surface area contributed by atoms with Crippen LogP contribution in [0.15, 0.2) is 47.4 Å². The van der Waals surface area contributed by atoms with Crippen LogP contribution in [-0.4, -0.2) is 0 Å². The molecule has 0 aliphatic rings. The number of halogens is 1. The molecule has 0 bridgehead atoms. The summed E-state index contributed by atoms with van der Waals surface area (Å²) in [6.45, 7) is 0.977. The zero-order chi connectivity index (χ0) is 12.7. The van der Waals surface area contributed by atoms with Crippen LogP contribution in [-0.2, 0) is 6.54 Å². The van der Waals surface area contributed by atoms with Gasteiger partial charge in [-0.25, -0.2) is 18.6 Å². The van der Waals surface area contributed by atoms with E-state index < -0.39 is 10.2 Å². The predicted octanol–water partition coefficient (Wildman–Crippen LogP) is -2.67. The van der Waals surface area contributed by atoms with Crippen molar-refractivity contribution in [2.24, 2.45) is 0 Å². The number of aromatic nitrogens is 1. The van der Waals surface area contributed by atoms with E-state index in [9.17, 15) is 0 Å². The summed E-state index contributed by atoms with van der Waals surface area (Å²) in [5, 5.41) is 2.09. The van der Waals surface area contributed by atoms with Gasteiger partial charge in [0, 0.05) is 5.56 Å². The van der Waals surface area contributed by atoms with Gasteiger partial charge >= 0.3 is 0 Å². The summed E-state index contributed by atoms with van der Waals surface area (Å²) in [4.78, 5) is 0. The lowest BCUT2D eigenvalue weighted by Crippen LogP contribution is -2.68. The number of hydrogen-bond donors (Lipinski definition) is 0. The summed E-state index contributed by atoms with van der Waals surface area (Å²) >= 11 is 1.72. The Kier molecular flexibility index (Phi) is 5.49. The normalized spacial score (nSPS) is 10.6. The molecule has 5 nitrogen and oxygen atoms in total. The highest BCUT2D eigenvalue weighted by Crippen LogP contribution is 1.98. The fourth-order valence-electron chi connectivity index (χ4n) is 1.15. The van der Waals surface area contributed by atoms with E-state index in [-0.39, 0.29) is 0 Å². The van der Waals surface area contributed by atoms with Gasteiger partial charge in [-0.2, -0.15) is 4.57 Å². The van der Waals surface area contributed by atoms with Gasteiger partial charge in [0.05, 0.1) is 5.38 Å². The van der Waals surface area contributed by atoms with Gasteiger partial charge in [-0.05, 0) is 0 Å². The van der Waals surface area contributed by atoms with Crippen molar-refractivity contribution in [2.75, 3.05) is 0 Å². The fraction of sp³-hybridized carbons (Fsp3) is 0.100. The highest BCUT2D eigenvalue weighted by molar-refractivity contribution is 7.07. The van der Waals surface area contributed by atoms with E-state index in [1.54, 1.807) is 11.3 Å². The first-order valence-electron chi connectivity index (χ1n) is 4.52. The first kappa shape index (κ1) is 14.0. The summed E-state index contributed by atoms with van der Waals surface area (Å²) in [5.74, 6) is 0. The van der Waals surface area contributed by atoms with Crippen LogP contribution >= 0.6 is 11.3 Å². The molecular weight excluding hydrogens is 266 g/mol. The van der Waals surface area contributed by atoms with E-state index in [4.69, 9.17) is 18.6 Å². The highest BCUT2D eigenvalue weighted by atomic mass is 35.7. The van der Waals surface area contributed by atoms with Crippen LogP contribution in [0.25, 0.3) is 0 Å². The third kappa shape index (κ3) is 7.81. The molecule has 2 aromatic rings. The van der Waals surface area contributed by atoms with Crippen molar-refractivity contribution in [3.8, 4) is 0 Å². The fourth-order valence-corrected chi connectivity index (χ4v) is 1.74. The average Bonchev–Trinajstić information content (AvgIpc) is 2.69. The Morgan fingerprint density at radius 1 is 1.06 bits per heavy atom. The van der Waals surface area contributed by atoms with E-state index >= 15 is 0 Å². The van der Waals surface area contributed by atoms with Crippen LogP contribution in [0.3, 0.4) is 0 Å². The van der Waals surface area contributed by atoms with Crippen molar-refractivity contribution in [3.63, 3.8) is 0 Å². The molecule has 0 aliphatic heterocycles. The zero-order valence-corrected chi connectivity index (χ0v) is 10.3. The van der Waals surface area contributed by atoms with Crippen LogP contribution in [0.2, 0.25) is 0 Å². The molecule has 17 heavy (non-hydrogen) atoms. The molecule has 2 rings (SSSR count). The molecule has 0 spiro atoms. The molecule has 1 aromatic carbocycles. The lowest BCUT2D eigenvalue weighted by Gasteiger charge is -2.17. The third-order valence-electron chi connectivity index (χ3n) is 1.74. The van der Waals surface area contributed by atoms with Crippen LogP contribution in [0, 0.1) is 10.2 Å². The van der Waals surface area contributed by atoms with Gasteiger partial charge in [0.2, 0.25) is 5.51 Å². The van der Waals surface area contributed by atoms with Gasteiger partial charge in [0.15, 0.2) is 12.7 Å². The quantitative estimate of drug-likeness (QED) is 0.558. The number of nitrogens with zero attached hydrogens (tertiary/aromatic N) is 1. The Hall–Kier alpha value is -1.02. The van der Waals surface area contributed by atoms with Gasteiger partial charge in [0.1, 0.15) is 0 Å². The zero-order valence-electron chi connectivity index (χ0n) is 8.69. The van der Waals surface area contributed by atoms with Gasteiger partial charge in [-0.15, -0.1) is 10.2 Å². The molecule has 0 aliphatic carbocycles.